The Balaban J connectivity index is 2.00. The topological polar surface area (TPSA) is 75.4 Å². The van der Waals surface area contributed by atoms with Crippen molar-refractivity contribution < 1.29 is 17.9 Å². The van der Waals surface area contributed by atoms with Gasteiger partial charge in [0.1, 0.15) is 11.6 Å². The number of nitrogens with zero attached hydrogens (tertiary/aromatic N) is 3. The summed E-state index contributed by atoms with van der Waals surface area (Å²) >= 11 is 0. The molecule has 0 radical (unpaired) electrons. The van der Waals surface area contributed by atoms with Crippen LogP contribution in [-0.4, -0.2) is 33.9 Å². The van der Waals surface area contributed by atoms with Crippen LogP contribution in [0.5, 0.6) is 0 Å². The summed E-state index contributed by atoms with van der Waals surface area (Å²) < 4.78 is 41.8. The molecule has 0 spiro atoms. The lowest BCUT2D eigenvalue weighted by atomic mass is 10.2. The van der Waals surface area contributed by atoms with E-state index in [0.717, 1.165) is 12.1 Å². The van der Waals surface area contributed by atoms with Gasteiger partial charge in [-0.15, -0.1) is 0 Å². The van der Waals surface area contributed by atoms with E-state index in [2.05, 4.69) is 4.98 Å². The van der Waals surface area contributed by atoms with Crippen LogP contribution in [0.1, 0.15) is 11.4 Å². The monoisotopic (exact) mass is 311 g/mol. The second-order valence-electron chi connectivity index (χ2n) is 4.79. The van der Waals surface area contributed by atoms with Crippen LogP contribution in [0.4, 0.5) is 4.39 Å². The molecule has 0 unspecified atom stereocenters. The number of rotatable bonds is 3. The van der Waals surface area contributed by atoms with E-state index >= 15 is 0 Å². The van der Waals surface area contributed by atoms with Crippen LogP contribution in [0.15, 0.2) is 35.5 Å². The number of sulfonamides is 1. The van der Waals surface area contributed by atoms with Gasteiger partial charge < -0.3 is 9.67 Å². The van der Waals surface area contributed by atoms with Gasteiger partial charge >= 0.3 is 0 Å². The number of aromatic nitrogens is 2. The van der Waals surface area contributed by atoms with E-state index in [-0.39, 0.29) is 23.5 Å². The number of hydrogen-bond donors (Lipinski definition) is 1. The molecule has 0 fully saturated rings. The third-order valence-corrected chi connectivity index (χ3v) is 5.45. The van der Waals surface area contributed by atoms with Crippen molar-refractivity contribution in [3.05, 3.63) is 47.8 Å². The first-order valence-electron chi connectivity index (χ1n) is 6.42. The highest BCUT2D eigenvalue weighted by Crippen LogP contribution is 2.24. The molecule has 1 aromatic heterocycles. The van der Waals surface area contributed by atoms with Crippen molar-refractivity contribution in [2.45, 2.75) is 24.6 Å². The van der Waals surface area contributed by atoms with Gasteiger partial charge in [0.25, 0.3) is 0 Å². The zero-order valence-electron chi connectivity index (χ0n) is 11.1. The molecule has 2 heterocycles. The smallest absolute Gasteiger partial charge is 0.244 e. The highest BCUT2D eigenvalue weighted by Gasteiger charge is 2.30. The Bertz CT molecular complexity index is 773. The van der Waals surface area contributed by atoms with Crippen LogP contribution in [0.3, 0.4) is 0 Å². The molecule has 21 heavy (non-hydrogen) atoms. The van der Waals surface area contributed by atoms with Crippen LogP contribution < -0.4 is 0 Å². The van der Waals surface area contributed by atoms with Crippen molar-refractivity contribution in [3.8, 4) is 0 Å². The van der Waals surface area contributed by atoms with Crippen molar-refractivity contribution in [1.29, 1.82) is 0 Å². The molecule has 0 aliphatic carbocycles. The summed E-state index contributed by atoms with van der Waals surface area (Å²) in [5.74, 6) is -0.00365. The summed E-state index contributed by atoms with van der Waals surface area (Å²) in [6.07, 6.45) is 3.41. The van der Waals surface area contributed by atoms with Crippen molar-refractivity contribution in [1.82, 2.24) is 13.9 Å². The summed E-state index contributed by atoms with van der Waals surface area (Å²) in [4.78, 5) is 3.92. The fourth-order valence-electron chi connectivity index (χ4n) is 2.39. The van der Waals surface area contributed by atoms with Gasteiger partial charge in [0.2, 0.25) is 10.0 Å². The van der Waals surface area contributed by atoms with Gasteiger partial charge in [0.15, 0.2) is 0 Å². The fraction of sp³-hybridized carbons (Fsp3) is 0.308. The van der Waals surface area contributed by atoms with E-state index in [0.29, 0.717) is 12.4 Å². The van der Waals surface area contributed by atoms with Gasteiger partial charge in [0.05, 0.1) is 18.0 Å². The average molecular weight is 311 g/mol. The van der Waals surface area contributed by atoms with Gasteiger partial charge in [-0.2, -0.15) is 4.31 Å². The maximum Gasteiger partial charge on any atom is 0.244 e. The highest BCUT2D eigenvalue weighted by molar-refractivity contribution is 7.89. The standard InChI is InChI=1S/C13H14FN3O3S/c14-11-2-1-10(9-18)12(7-11)21(19,20)17-6-5-16-4-3-15-13(16)8-17/h1-4,7,18H,5-6,8-9H2. The molecule has 1 aliphatic heterocycles. The Kier molecular flexibility index (Phi) is 3.52. The molecular weight excluding hydrogens is 297 g/mol. The molecule has 0 atom stereocenters. The molecule has 0 amide bonds. The fourth-order valence-corrected chi connectivity index (χ4v) is 4.01. The third-order valence-electron chi connectivity index (χ3n) is 3.53. The summed E-state index contributed by atoms with van der Waals surface area (Å²) in [5, 5.41) is 9.27. The summed E-state index contributed by atoms with van der Waals surface area (Å²) in [6, 6.07) is 3.36. The second-order valence-corrected chi connectivity index (χ2v) is 6.69. The predicted molar refractivity (Wildman–Crippen MR) is 72.1 cm³/mol. The second kappa shape index (κ2) is 5.21. The molecule has 6 nitrogen and oxygen atoms in total. The molecular formula is C13H14FN3O3S. The molecule has 3 rings (SSSR count). The molecule has 1 aromatic carbocycles. The molecule has 1 aliphatic rings. The average Bonchev–Trinajstić information content (AvgIpc) is 2.94. The van der Waals surface area contributed by atoms with E-state index in [4.69, 9.17) is 0 Å². The number of halogens is 1. The van der Waals surface area contributed by atoms with Crippen LogP contribution in [0.2, 0.25) is 0 Å². The molecule has 0 saturated heterocycles. The Morgan fingerprint density at radius 2 is 2.14 bits per heavy atom. The number of aliphatic hydroxyl groups excluding tert-OH is 1. The zero-order valence-corrected chi connectivity index (χ0v) is 11.9. The van der Waals surface area contributed by atoms with Crippen LogP contribution in [0.25, 0.3) is 0 Å². The van der Waals surface area contributed by atoms with Crippen LogP contribution in [0, 0.1) is 5.82 Å². The Morgan fingerprint density at radius 1 is 1.33 bits per heavy atom. The molecule has 112 valence electrons. The van der Waals surface area contributed by atoms with Crippen LogP contribution >= 0.6 is 0 Å². The molecule has 1 N–H and O–H groups in total. The van der Waals surface area contributed by atoms with Crippen LogP contribution in [-0.2, 0) is 29.7 Å². The number of imidazole rings is 1. The summed E-state index contributed by atoms with van der Waals surface area (Å²) in [6.45, 7) is 0.458. The Labute approximate surface area is 121 Å². The van der Waals surface area contributed by atoms with Crippen molar-refractivity contribution in [2.75, 3.05) is 6.54 Å². The minimum atomic E-state index is -3.87. The normalized spacial score (nSPS) is 15.9. The maximum absolute atomic E-state index is 13.4. The lowest BCUT2D eigenvalue weighted by molar-refractivity contribution is 0.277. The van der Waals surface area contributed by atoms with Crippen molar-refractivity contribution >= 4 is 10.0 Å². The number of fused-ring (bicyclic) bond motifs is 1. The maximum atomic E-state index is 13.4. The Hall–Kier alpha value is -1.77. The first-order valence-corrected chi connectivity index (χ1v) is 7.86. The van der Waals surface area contributed by atoms with Gasteiger partial charge in [-0.1, -0.05) is 6.07 Å². The quantitative estimate of drug-likeness (QED) is 0.906. The molecule has 2 aromatic rings. The largest absolute Gasteiger partial charge is 0.392 e. The van der Waals surface area contributed by atoms with Crippen molar-refractivity contribution in [3.63, 3.8) is 0 Å². The number of benzene rings is 1. The third kappa shape index (κ3) is 2.45. The zero-order chi connectivity index (χ0) is 15.0. The van der Waals surface area contributed by atoms with E-state index in [1.54, 1.807) is 12.4 Å². The van der Waals surface area contributed by atoms with E-state index in [1.807, 2.05) is 4.57 Å². The molecule has 0 saturated carbocycles. The van der Waals surface area contributed by atoms with Crippen molar-refractivity contribution in [2.24, 2.45) is 0 Å². The highest BCUT2D eigenvalue weighted by atomic mass is 32.2. The molecule has 0 bridgehead atoms. The SMILES string of the molecule is O=S(=O)(c1cc(F)ccc1CO)N1CCn2ccnc2C1. The van der Waals surface area contributed by atoms with Gasteiger partial charge in [-0.25, -0.2) is 17.8 Å². The lowest BCUT2D eigenvalue weighted by Crippen LogP contribution is -2.38. The first kappa shape index (κ1) is 14.2. The van der Waals surface area contributed by atoms with E-state index < -0.39 is 22.4 Å². The first-order chi connectivity index (χ1) is 10.0. The minimum absolute atomic E-state index is 0.136. The Morgan fingerprint density at radius 3 is 2.90 bits per heavy atom. The lowest BCUT2D eigenvalue weighted by Gasteiger charge is -2.27. The van der Waals surface area contributed by atoms with Gasteiger partial charge in [0, 0.05) is 25.5 Å². The van der Waals surface area contributed by atoms with E-state index in [9.17, 15) is 17.9 Å². The van der Waals surface area contributed by atoms with Gasteiger partial charge in [-0.3, -0.25) is 0 Å². The summed E-state index contributed by atoms with van der Waals surface area (Å²) in [5.41, 5.74) is 0.185. The number of aliphatic hydroxyl groups is 1. The van der Waals surface area contributed by atoms with Gasteiger partial charge in [-0.05, 0) is 17.7 Å². The predicted octanol–water partition coefficient (Wildman–Crippen LogP) is 0.719. The van der Waals surface area contributed by atoms with E-state index in [1.165, 1.54) is 10.4 Å². The summed E-state index contributed by atoms with van der Waals surface area (Å²) in [7, 11) is -3.87. The molecule has 8 heteroatoms. The number of hydrogen-bond acceptors (Lipinski definition) is 4. The minimum Gasteiger partial charge on any atom is -0.392 e.